The van der Waals surface area contributed by atoms with Gasteiger partial charge in [0, 0.05) is 19.4 Å². The van der Waals surface area contributed by atoms with Crippen LogP contribution in [0.2, 0.25) is 0 Å². The molecule has 1 fully saturated rings. The summed E-state index contributed by atoms with van der Waals surface area (Å²) in [6.07, 6.45) is 2.26. The van der Waals surface area contributed by atoms with Crippen LogP contribution < -0.4 is 5.73 Å². The van der Waals surface area contributed by atoms with Gasteiger partial charge in [-0.05, 0) is 73.5 Å². The van der Waals surface area contributed by atoms with Crippen LogP contribution in [-0.2, 0) is 23.9 Å². The molecule has 1 saturated heterocycles. The van der Waals surface area contributed by atoms with Gasteiger partial charge in [0.15, 0.2) is 17.0 Å². The highest BCUT2D eigenvalue weighted by Gasteiger charge is 2.65. The Morgan fingerprint density at radius 3 is 2.12 bits per heavy atom. The van der Waals surface area contributed by atoms with E-state index in [0.717, 1.165) is 19.3 Å². The van der Waals surface area contributed by atoms with E-state index in [0.29, 0.717) is 12.8 Å². The zero-order valence-corrected chi connectivity index (χ0v) is 23.4. The number of aldehydes is 1. The quantitative estimate of drug-likeness (QED) is 0.244. The van der Waals surface area contributed by atoms with Gasteiger partial charge < -0.3 is 20.0 Å². The molecule has 1 aliphatic heterocycles. The average Bonchev–Trinajstić information content (AvgIpc) is 3.08. The third kappa shape index (κ3) is 5.11. The first-order valence-corrected chi connectivity index (χ1v) is 12.5. The molecule has 1 amide bonds. The van der Waals surface area contributed by atoms with Crippen molar-refractivity contribution in [1.82, 2.24) is 9.80 Å². The highest BCUT2D eigenvalue weighted by molar-refractivity contribution is 6.14. The molecule has 0 bridgehead atoms. The summed E-state index contributed by atoms with van der Waals surface area (Å²) in [5.41, 5.74) is 1.67. The molecule has 1 rings (SSSR count). The molecule has 8 nitrogen and oxygen atoms in total. The second kappa shape index (κ2) is 11.1. The fourth-order valence-corrected chi connectivity index (χ4v) is 5.84. The smallest absolute Gasteiger partial charge is 0.246 e. The molecule has 0 radical (unpaired) electrons. The minimum Gasteiger partial charge on any atom is -0.377 e. The Balaban J connectivity index is 4.06. The largest absolute Gasteiger partial charge is 0.377 e. The Hall–Kier alpha value is -1.35. The summed E-state index contributed by atoms with van der Waals surface area (Å²) < 4.78 is 12.7. The van der Waals surface area contributed by atoms with Crippen LogP contribution in [0.25, 0.3) is 0 Å². The van der Waals surface area contributed by atoms with E-state index in [1.54, 1.807) is 11.9 Å². The second-order valence-corrected chi connectivity index (χ2v) is 11.4. The van der Waals surface area contributed by atoms with Crippen molar-refractivity contribution >= 4 is 18.0 Å². The zero-order chi connectivity index (χ0) is 26.7. The molecular weight excluding hydrogens is 434 g/mol. The lowest BCUT2D eigenvalue weighted by atomic mass is 9.69. The van der Waals surface area contributed by atoms with Crippen LogP contribution in [0.15, 0.2) is 0 Å². The summed E-state index contributed by atoms with van der Waals surface area (Å²) >= 11 is 0. The summed E-state index contributed by atoms with van der Waals surface area (Å²) in [7, 11) is 5.17. The van der Waals surface area contributed by atoms with Gasteiger partial charge in [-0.2, -0.15) is 0 Å². The fraction of sp³-hybridized carbons (Fsp3) is 0.885. The number of ketones is 1. The van der Waals surface area contributed by atoms with Crippen LogP contribution in [0.3, 0.4) is 0 Å². The maximum absolute atomic E-state index is 14.6. The van der Waals surface area contributed by atoms with Crippen LogP contribution in [-0.4, -0.2) is 84.0 Å². The number of rotatable bonds is 13. The molecule has 8 heteroatoms. The number of nitrogens with zero attached hydrogens (tertiary/aromatic N) is 2. The number of hydrogen-bond acceptors (Lipinski definition) is 7. The van der Waals surface area contributed by atoms with Crippen molar-refractivity contribution in [3.05, 3.63) is 0 Å². The standard InChI is InChI=1S/C26H49N3O5/c1-12-19(4)26(34-23(5,6)7,20(33-11)14-17-30)29(10)25(18(2)3,22(27)32)21(31)24(8)15-13-16-28(24)9/h17-20H,12-16H2,1-11H3,(H2,27,32)/t19-,20+,24-,25+,26-/m0/s1. The number of primary amides is 1. The predicted molar refractivity (Wildman–Crippen MR) is 134 cm³/mol. The third-order valence-corrected chi connectivity index (χ3v) is 7.94. The number of ether oxygens (including phenoxy) is 2. The topological polar surface area (TPSA) is 102 Å². The summed E-state index contributed by atoms with van der Waals surface area (Å²) in [6.45, 7) is 16.1. The maximum atomic E-state index is 14.6. The molecule has 0 saturated carbocycles. The predicted octanol–water partition coefficient (Wildman–Crippen LogP) is 3.01. The monoisotopic (exact) mass is 483 g/mol. The van der Waals surface area contributed by atoms with Gasteiger partial charge in [0.1, 0.15) is 12.4 Å². The summed E-state index contributed by atoms with van der Waals surface area (Å²) in [4.78, 5) is 43.6. The lowest BCUT2D eigenvalue weighted by Gasteiger charge is -2.59. The van der Waals surface area contributed by atoms with Crippen molar-refractivity contribution in [3.63, 3.8) is 0 Å². The van der Waals surface area contributed by atoms with E-state index >= 15 is 0 Å². The first kappa shape index (κ1) is 30.7. The molecule has 5 atom stereocenters. The molecule has 0 aromatic heterocycles. The Morgan fingerprint density at radius 1 is 1.24 bits per heavy atom. The maximum Gasteiger partial charge on any atom is 0.246 e. The molecular formula is C26H49N3O5. The molecule has 1 aliphatic rings. The summed E-state index contributed by atoms with van der Waals surface area (Å²) in [5.74, 6) is -1.63. The normalized spacial score (nSPS) is 25.1. The fourth-order valence-electron chi connectivity index (χ4n) is 5.84. The number of nitrogens with two attached hydrogens (primary N) is 1. The second-order valence-electron chi connectivity index (χ2n) is 11.4. The lowest BCUT2D eigenvalue weighted by Crippen LogP contribution is -2.78. The average molecular weight is 484 g/mol. The van der Waals surface area contributed by atoms with E-state index in [1.807, 2.05) is 67.3 Å². The van der Waals surface area contributed by atoms with E-state index in [4.69, 9.17) is 15.2 Å². The Bertz CT molecular complexity index is 736. The summed E-state index contributed by atoms with van der Waals surface area (Å²) in [5, 5.41) is 0. The van der Waals surface area contributed by atoms with Gasteiger partial charge in [-0.15, -0.1) is 0 Å². The molecule has 0 aromatic carbocycles. The minimum atomic E-state index is -1.69. The Morgan fingerprint density at radius 2 is 1.79 bits per heavy atom. The van der Waals surface area contributed by atoms with E-state index in [-0.39, 0.29) is 18.1 Å². The minimum absolute atomic E-state index is 0.0412. The SMILES string of the molecule is CC[C@H](C)[C@](OC(C)(C)C)([C@@H](CC=O)OC)N(C)[C@@](C(N)=O)(C(=O)[C@]1(C)CCCN1C)C(C)C. The van der Waals surface area contributed by atoms with Gasteiger partial charge in [-0.1, -0.05) is 27.7 Å². The van der Waals surface area contributed by atoms with Gasteiger partial charge in [-0.3, -0.25) is 19.4 Å². The number of amides is 1. The van der Waals surface area contributed by atoms with Crippen molar-refractivity contribution in [2.75, 3.05) is 27.7 Å². The van der Waals surface area contributed by atoms with Crippen molar-refractivity contribution in [1.29, 1.82) is 0 Å². The first-order valence-electron chi connectivity index (χ1n) is 12.5. The van der Waals surface area contributed by atoms with Crippen LogP contribution in [0.5, 0.6) is 0 Å². The molecule has 0 spiro atoms. The number of methoxy groups -OCH3 is 1. The van der Waals surface area contributed by atoms with Gasteiger partial charge >= 0.3 is 0 Å². The Kier molecular flexibility index (Phi) is 10.1. The van der Waals surface area contributed by atoms with E-state index < -0.39 is 40.3 Å². The highest BCUT2D eigenvalue weighted by Crippen LogP contribution is 2.46. The number of likely N-dealkylation sites (N-methyl/N-ethyl adjacent to an activating group) is 2. The molecule has 0 unspecified atom stereocenters. The van der Waals surface area contributed by atoms with E-state index in [9.17, 15) is 14.4 Å². The van der Waals surface area contributed by atoms with Crippen molar-refractivity contribution in [3.8, 4) is 0 Å². The van der Waals surface area contributed by atoms with E-state index in [1.165, 1.54) is 7.11 Å². The lowest BCUT2D eigenvalue weighted by molar-refractivity contribution is -0.297. The van der Waals surface area contributed by atoms with Crippen LogP contribution in [0, 0.1) is 11.8 Å². The Labute approximate surface area is 206 Å². The molecule has 0 aliphatic carbocycles. The van der Waals surface area contributed by atoms with Gasteiger partial charge in [0.05, 0.1) is 11.1 Å². The molecule has 0 aromatic rings. The summed E-state index contributed by atoms with van der Waals surface area (Å²) in [6, 6.07) is 0. The zero-order valence-electron chi connectivity index (χ0n) is 23.4. The van der Waals surface area contributed by atoms with Crippen LogP contribution in [0.4, 0.5) is 0 Å². The highest BCUT2D eigenvalue weighted by atomic mass is 16.6. The van der Waals surface area contributed by atoms with Crippen molar-refractivity contribution in [2.24, 2.45) is 17.6 Å². The molecule has 198 valence electrons. The van der Waals surface area contributed by atoms with Crippen molar-refractivity contribution < 1.29 is 23.9 Å². The molecule has 1 heterocycles. The number of carbonyl (C=O) groups is 3. The van der Waals surface area contributed by atoms with Crippen molar-refractivity contribution in [2.45, 2.75) is 110 Å². The first-order chi connectivity index (χ1) is 15.5. The third-order valence-electron chi connectivity index (χ3n) is 7.94. The molecule has 34 heavy (non-hydrogen) atoms. The van der Waals surface area contributed by atoms with Crippen LogP contribution in [0.1, 0.15) is 81.1 Å². The van der Waals surface area contributed by atoms with Gasteiger partial charge in [-0.25, -0.2) is 0 Å². The number of carbonyl (C=O) groups excluding carboxylic acids is 3. The number of Topliss-reactive ketones (excluding diaryl/α,β-unsaturated/α-hetero) is 1. The van der Waals surface area contributed by atoms with Gasteiger partial charge in [0.25, 0.3) is 0 Å². The van der Waals surface area contributed by atoms with E-state index in [2.05, 4.69) is 0 Å². The molecule has 2 N–H and O–H groups in total. The number of hydrogen-bond donors (Lipinski definition) is 1. The van der Waals surface area contributed by atoms with Gasteiger partial charge in [0.2, 0.25) is 5.91 Å². The van der Waals surface area contributed by atoms with Crippen LogP contribution >= 0.6 is 0 Å². The number of likely N-dealkylation sites (tertiary alicyclic amines) is 1.